The summed E-state index contributed by atoms with van der Waals surface area (Å²) in [7, 11) is 0. The molecule has 0 unspecified atom stereocenters. The third kappa shape index (κ3) is 2.85. The molecule has 0 bridgehead atoms. The van der Waals surface area contributed by atoms with Gasteiger partial charge in [0.1, 0.15) is 0 Å². The summed E-state index contributed by atoms with van der Waals surface area (Å²) in [6.45, 7) is 5.81. The molecular formula is C9H10BrN. The molecule has 1 heterocycles. The van der Waals surface area contributed by atoms with Crippen molar-refractivity contribution in [2.75, 3.05) is 0 Å². The zero-order chi connectivity index (χ0) is 8.27. The molecule has 0 radical (unpaired) electrons. The van der Waals surface area contributed by atoms with E-state index >= 15 is 0 Å². The van der Waals surface area contributed by atoms with Gasteiger partial charge in [0.2, 0.25) is 0 Å². The molecule has 0 spiro atoms. The predicted octanol–water partition coefficient (Wildman–Crippen LogP) is 2.84. The normalized spacial score (nSPS) is 9.64. The summed E-state index contributed by atoms with van der Waals surface area (Å²) >= 11 is 3.30. The Labute approximate surface area is 75.3 Å². The Hall–Kier alpha value is -0.630. The minimum Gasteiger partial charge on any atom is -0.261 e. The van der Waals surface area contributed by atoms with Crippen LogP contribution in [0.2, 0.25) is 0 Å². The molecule has 0 saturated heterocycles. The molecule has 0 aliphatic rings. The molecule has 0 N–H and O–H groups in total. The minimum absolute atomic E-state index is 0.807. The number of pyridine rings is 1. The van der Waals surface area contributed by atoms with E-state index in [1.165, 1.54) is 5.56 Å². The lowest BCUT2D eigenvalue weighted by Gasteiger charge is -1.98. The molecule has 1 aromatic heterocycles. The minimum atomic E-state index is 0.807. The Morgan fingerprint density at radius 2 is 2.45 bits per heavy atom. The van der Waals surface area contributed by atoms with Crippen LogP contribution in [0.5, 0.6) is 0 Å². The number of allylic oxidation sites excluding steroid dienone is 1. The van der Waals surface area contributed by atoms with Crippen molar-refractivity contribution in [3.8, 4) is 0 Å². The fourth-order valence-electron chi connectivity index (χ4n) is 0.892. The standard InChI is InChI=1S/C9H10BrN/c1-7-3-4-11-9(5-7)6-8(2)10/h3-5H,2,6H2,1H3. The molecule has 2 heteroatoms. The summed E-state index contributed by atoms with van der Waals surface area (Å²) in [5, 5.41) is 0. The van der Waals surface area contributed by atoms with Crippen LogP contribution in [0.25, 0.3) is 0 Å². The molecule has 1 nitrogen and oxygen atoms in total. The van der Waals surface area contributed by atoms with Gasteiger partial charge in [-0.1, -0.05) is 22.5 Å². The van der Waals surface area contributed by atoms with E-state index in [4.69, 9.17) is 0 Å². The molecule has 1 rings (SSSR count). The van der Waals surface area contributed by atoms with Crippen LogP contribution in [0.4, 0.5) is 0 Å². The molecule has 0 aliphatic carbocycles. The second kappa shape index (κ2) is 3.67. The highest BCUT2D eigenvalue weighted by Crippen LogP contribution is 2.09. The van der Waals surface area contributed by atoms with Gasteiger partial charge < -0.3 is 0 Å². The van der Waals surface area contributed by atoms with Crippen molar-refractivity contribution in [3.05, 3.63) is 40.6 Å². The Morgan fingerprint density at radius 3 is 3.00 bits per heavy atom. The lowest BCUT2D eigenvalue weighted by Crippen LogP contribution is -1.88. The first kappa shape index (κ1) is 8.47. The molecule has 11 heavy (non-hydrogen) atoms. The van der Waals surface area contributed by atoms with Crippen molar-refractivity contribution >= 4 is 15.9 Å². The highest BCUT2D eigenvalue weighted by molar-refractivity contribution is 9.11. The van der Waals surface area contributed by atoms with Crippen molar-refractivity contribution in [2.45, 2.75) is 13.3 Å². The summed E-state index contributed by atoms with van der Waals surface area (Å²) in [5.74, 6) is 0. The lowest BCUT2D eigenvalue weighted by molar-refractivity contribution is 1.09. The molecular weight excluding hydrogens is 202 g/mol. The van der Waals surface area contributed by atoms with Gasteiger partial charge >= 0.3 is 0 Å². The average molecular weight is 212 g/mol. The SMILES string of the molecule is C=C(Br)Cc1cc(C)ccn1. The third-order valence-electron chi connectivity index (χ3n) is 1.35. The van der Waals surface area contributed by atoms with Crippen LogP contribution >= 0.6 is 15.9 Å². The third-order valence-corrected chi connectivity index (χ3v) is 1.63. The highest BCUT2D eigenvalue weighted by atomic mass is 79.9. The van der Waals surface area contributed by atoms with Crippen LogP contribution in [0, 0.1) is 6.92 Å². The van der Waals surface area contributed by atoms with E-state index in [2.05, 4.69) is 40.5 Å². The van der Waals surface area contributed by atoms with E-state index in [0.29, 0.717) is 0 Å². The smallest absolute Gasteiger partial charge is 0.0455 e. The summed E-state index contributed by atoms with van der Waals surface area (Å²) < 4.78 is 0.968. The maximum absolute atomic E-state index is 4.19. The Kier molecular flexibility index (Phi) is 2.83. The highest BCUT2D eigenvalue weighted by Gasteiger charge is 1.94. The average Bonchev–Trinajstić information content (AvgIpc) is 1.85. The second-order valence-corrected chi connectivity index (χ2v) is 3.64. The van der Waals surface area contributed by atoms with Crippen LogP contribution in [0.3, 0.4) is 0 Å². The number of hydrogen-bond donors (Lipinski definition) is 0. The Balaban J connectivity index is 2.79. The molecule has 58 valence electrons. The van der Waals surface area contributed by atoms with Crippen molar-refractivity contribution in [3.63, 3.8) is 0 Å². The zero-order valence-electron chi connectivity index (χ0n) is 6.47. The summed E-state index contributed by atoms with van der Waals surface area (Å²) in [6.07, 6.45) is 2.63. The van der Waals surface area contributed by atoms with E-state index in [9.17, 15) is 0 Å². The molecule has 0 atom stereocenters. The van der Waals surface area contributed by atoms with Crippen LogP contribution < -0.4 is 0 Å². The fourth-order valence-corrected chi connectivity index (χ4v) is 1.18. The monoisotopic (exact) mass is 211 g/mol. The van der Waals surface area contributed by atoms with Crippen molar-refractivity contribution in [2.24, 2.45) is 0 Å². The second-order valence-electron chi connectivity index (χ2n) is 2.52. The Bertz CT molecular complexity index is 268. The van der Waals surface area contributed by atoms with Crippen molar-refractivity contribution < 1.29 is 0 Å². The van der Waals surface area contributed by atoms with Crippen LogP contribution in [-0.2, 0) is 6.42 Å². The molecule has 1 aromatic rings. The van der Waals surface area contributed by atoms with E-state index < -0.39 is 0 Å². The van der Waals surface area contributed by atoms with Crippen LogP contribution in [0.15, 0.2) is 29.4 Å². The van der Waals surface area contributed by atoms with Crippen molar-refractivity contribution in [1.29, 1.82) is 0 Å². The van der Waals surface area contributed by atoms with Crippen LogP contribution in [-0.4, -0.2) is 4.98 Å². The zero-order valence-corrected chi connectivity index (χ0v) is 8.06. The van der Waals surface area contributed by atoms with E-state index in [-0.39, 0.29) is 0 Å². The van der Waals surface area contributed by atoms with Crippen molar-refractivity contribution in [1.82, 2.24) is 4.98 Å². The van der Waals surface area contributed by atoms with E-state index in [1.54, 1.807) is 0 Å². The molecule has 0 saturated carbocycles. The number of nitrogens with zero attached hydrogens (tertiary/aromatic N) is 1. The first-order chi connectivity index (χ1) is 5.18. The first-order valence-electron chi connectivity index (χ1n) is 3.43. The summed E-state index contributed by atoms with van der Waals surface area (Å²) in [5.41, 5.74) is 2.30. The quantitative estimate of drug-likeness (QED) is 0.734. The number of aromatic nitrogens is 1. The van der Waals surface area contributed by atoms with Gasteiger partial charge in [-0.15, -0.1) is 0 Å². The molecule has 0 fully saturated rings. The summed E-state index contributed by atoms with van der Waals surface area (Å²) in [6, 6.07) is 4.05. The van der Waals surface area contributed by atoms with Gasteiger partial charge in [-0.05, 0) is 29.1 Å². The van der Waals surface area contributed by atoms with Gasteiger partial charge in [-0.3, -0.25) is 4.98 Å². The van der Waals surface area contributed by atoms with E-state index in [1.807, 2.05) is 12.3 Å². The largest absolute Gasteiger partial charge is 0.261 e. The lowest BCUT2D eigenvalue weighted by atomic mass is 10.2. The first-order valence-corrected chi connectivity index (χ1v) is 4.22. The summed E-state index contributed by atoms with van der Waals surface area (Å²) in [4.78, 5) is 4.19. The van der Waals surface area contributed by atoms with Crippen LogP contribution in [0.1, 0.15) is 11.3 Å². The van der Waals surface area contributed by atoms with Gasteiger partial charge in [0.15, 0.2) is 0 Å². The molecule has 0 amide bonds. The van der Waals surface area contributed by atoms with Gasteiger partial charge in [-0.2, -0.15) is 0 Å². The topological polar surface area (TPSA) is 12.9 Å². The molecule has 0 aromatic carbocycles. The van der Waals surface area contributed by atoms with Gasteiger partial charge in [0.25, 0.3) is 0 Å². The number of aryl methyl sites for hydroxylation is 1. The van der Waals surface area contributed by atoms with Gasteiger partial charge in [0, 0.05) is 18.3 Å². The van der Waals surface area contributed by atoms with Gasteiger partial charge in [0.05, 0.1) is 0 Å². The number of rotatable bonds is 2. The maximum Gasteiger partial charge on any atom is 0.0455 e. The predicted molar refractivity (Wildman–Crippen MR) is 50.7 cm³/mol. The Morgan fingerprint density at radius 1 is 1.73 bits per heavy atom. The molecule has 0 aliphatic heterocycles. The number of halogens is 1. The van der Waals surface area contributed by atoms with E-state index in [0.717, 1.165) is 16.6 Å². The fraction of sp³-hybridized carbons (Fsp3) is 0.222. The maximum atomic E-state index is 4.19. The number of hydrogen-bond acceptors (Lipinski definition) is 1. The van der Waals surface area contributed by atoms with Gasteiger partial charge in [-0.25, -0.2) is 0 Å².